The molecule has 1 heterocycles. The number of amides is 1. The first-order valence-corrected chi connectivity index (χ1v) is 3.78. The second kappa shape index (κ2) is 3.85. The monoisotopic (exact) mass is 169 g/mol. The van der Waals surface area contributed by atoms with Crippen molar-refractivity contribution in [3.8, 4) is 0 Å². The molecule has 66 valence electrons. The van der Waals surface area contributed by atoms with E-state index in [1.165, 1.54) is 0 Å². The minimum atomic E-state index is -0.00241. The number of nitrogens with zero attached hydrogens (tertiary/aromatic N) is 2. The lowest BCUT2D eigenvalue weighted by Gasteiger charge is -1.98. The van der Waals surface area contributed by atoms with Crippen LogP contribution in [0.5, 0.6) is 0 Å². The third kappa shape index (κ3) is 2.05. The average molecular weight is 169 g/mol. The summed E-state index contributed by atoms with van der Waals surface area (Å²) in [6.45, 7) is 3.97. The molecule has 1 amide bonds. The van der Waals surface area contributed by atoms with E-state index in [4.69, 9.17) is 0 Å². The van der Waals surface area contributed by atoms with Gasteiger partial charge in [0.05, 0.1) is 6.54 Å². The maximum absolute atomic E-state index is 10.8. The Hall–Kier alpha value is -1.39. The number of hydrogen-bond donors (Lipinski definition) is 1. The van der Waals surface area contributed by atoms with Crippen molar-refractivity contribution < 1.29 is 9.42 Å². The highest BCUT2D eigenvalue weighted by molar-refractivity contribution is 5.75. The minimum Gasteiger partial charge on any atom is -0.350 e. The van der Waals surface area contributed by atoms with E-state index in [0.29, 0.717) is 24.4 Å². The third-order valence-corrected chi connectivity index (χ3v) is 1.52. The standard InChI is InChI=1S/C7H11N3O2/c1-3-7(11)8-4-6-5(2)9-12-10-6/h3-4H2,1-2H3,(H,8,11). The molecule has 1 aromatic heterocycles. The van der Waals surface area contributed by atoms with Crippen molar-refractivity contribution in [1.29, 1.82) is 0 Å². The maximum atomic E-state index is 10.8. The van der Waals surface area contributed by atoms with Crippen molar-refractivity contribution in [2.45, 2.75) is 26.8 Å². The van der Waals surface area contributed by atoms with Crippen LogP contribution in [0.4, 0.5) is 0 Å². The summed E-state index contributed by atoms with van der Waals surface area (Å²) in [6.07, 6.45) is 0.477. The number of rotatable bonds is 3. The van der Waals surface area contributed by atoms with Crippen molar-refractivity contribution >= 4 is 5.91 Å². The second-order valence-electron chi connectivity index (χ2n) is 2.43. The molecule has 0 bridgehead atoms. The summed E-state index contributed by atoms with van der Waals surface area (Å²) < 4.78 is 4.46. The van der Waals surface area contributed by atoms with Gasteiger partial charge in [-0.15, -0.1) is 0 Å². The zero-order valence-electron chi connectivity index (χ0n) is 7.13. The fraction of sp³-hybridized carbons (Fsp3) is 0.571. The molecule has 5 nitrogen and oxygen atoms in total. The second-order valence-corrected chi connectivity index (χ2v) is 2.43. The number of carbonyl (C=O) groups excluding carboxylic acids is 1. The van der Waals surface area contributed by atoms with Gasteiger partial charge in [-0.1, -0.05) is 17.2 Å². The molecule has 1 N–H and O–H groups in total. The molecule has 0 radical (unpaired) electrons. The van der Waals surface area contributed by atoms with Gasteiger partial charge in [-0.2, -0.15) is 0 Å². The first kappa shape index (κ1) is 8.70. The molecule has 12 heavy (non-hydrogen) atoms. The quantitative estimate of drug-likeness (QED) is 0.711. The minimum absolute atomic E-state index is 0.00241. The number of hydrogen-bond acceptors (Lipinski definition) is 4. The van der Waals surface area contributed by atoms with Crippen molar-refractivity contribution in [3.05, 3.63) is 11.4 Å². The van der Waals surface area contributed by atoms with Crippen molar-refractivity contribution in [1.82, 2.24) is 15.6 Å². The lowest BCUT2D eigenvalue weighted by atomic mass is 10.3. The van der Waals surface area contributed by atoms with E-state index in [1.54, 1.807) is 13.8 Å². The summed E-state index contributed by atoms with van der Waals surface area (Å²) >= 11 is 0. The molecule has 0 aromatic carbocycles. The molecular formula is C7H11N3O2. The molecule has 0 aliphatic carbocycles. The highest BCUT2D eigenvalue weighted by atomic mass is 16.6. The topological polar surface area (TPSA) is 68.0 Å². The van der Waals surface area contributed by atoms with Crippen LogP contribution in [0.3, 0.4) is 0 Å². The molecular weight excluding hydrogens is 158 g/mol. The molecule has 0 saturated heterocycles. The van der Waals surface area contributed by atoms with Gasteiger partial charge in [-0.05, 0) is 6.92 Å². The van der Waals surface area contributed by atoms with Gasteiger partial charge < -0.3 is 5.32 Å². The Kier molecular flexibility index (Phi) is 2.79. The van der Waals surface area contributed by atoms with Crippen LogP contribution in [-0.4, -0.2) is 16.2 Å². The fourth-order valence-electron chi connectivity index (χ4n) is 0.717. The Bertz CT molecular complexity index is 269. The Morgan fingerprint density at radius 2 is 2.33 bits per heavy atom. The van der Waals surface area contributed by atoms with Crippen LogP contribution in [0.1, 0.15) is 24.7 Å². The van der Waals surface area contributed by atoms with Crippen molar-refractivity contribution in [2.24, 2.45) is 0 Å². The summed E-state index contributed by atoms with van der Waals surface area (Å²) in [7, 11) is 0. The summed E-state index contributed by atoms with van der Waals surface area (Å²) in [5.41, 5.74) is 1.39. The first-order valence-electron chi connectivity index (χ1n) is 3.78. The molecule has 1 aromatic rings. The van der Waals surface area contributed by atoms with Crippen LogP contribution < -0.4 is 5.32 Å². The molecule has 0 aliphatic heterocycles. The van der Waals surface area contributed by atoms with Gasteiger partial charge in [-0.3, -0.25) is 4.79 Å². The predicted octanol–water partition coefficient (Wildman–Crippen LogP) is 0.404. The van der Waals surface area contributed by atoms with Gasteiger partial charge in [-0.25, -0.2) is 4.63 Å². The Morgan fingerprint density at radius 3 is 2.83 bits per heavy atom. The van der Waals surface area contributed by atoms with Gasteiger partial charge in [0.1, 0.15) is 11.4 Å². The van der Waals surface area contributed by atoms with E-state index in [2.05, 4.69) is 20.3 Å². The largest absolute Gasteiger partial charge is 0.350 e. The van der Waals surface area contributed by atoms with Crippen LogP contribution in [0.15, 0.2) is 4.63 Å². The van der Waals surface area contributed by atoms with Gasteiger partial charge in [0, 0.05) is 6.42 Å². The number of aryl methyl sites for hydroxylation is 1. The fourth-order valence-corrected chi connectivity index (χ4v) is 0.717. The van der Waals surface area contributed by atoms with E-state index in [1.807, 2.05) is 0 Å². The third-order valence-electron chi connectivity index (χ3n) is 1.52. The lowest BCUT2D eigenvalue weighted by molar-refractivity contribution is -0.120. The zero-order valence-corrected chi connectivity index (χ0v) is 7.13. The summed E-state index contributed by atoms with van der Waals surface area (Å²) in [6, 6.07) is 0. The Balaban J connectivity index is 2.43. The van der Waals surface area contributed by atoms with Crippen LogP contribution in [0.25, 0.3) is 0 Å². The van der Waals surface area contributed by atoms with Crippen LogP contribution in [0, 0.1) is 6.92 Å². The highest BCUT2D eigenvalue weighted by Gasteiger charge is 2.05. The van der Waals surface area contributed by atoms with Crippen LogP contribution in [0.2, 0.25) is 0 Å². The van der Waals surface area contributed by atoms with Gasteiger partial charge in [0.25, 0.3) is 0 Å². The molecule has 1 rings (SSSR count). The number of aromatic nitrogens is 2. The van der Waals surface area contributed by atoms with Gasteiger partial charge in [0.2, 0.25) is 5.91 Å². The zero-order chi connectivity index (χ0) is 8.97. The van der Waals surface area contributed by atoms with Crippen LogP contribution >= 0.6 is 0 Å². The summed E-state index contributed by atoms with van der Waals surface area (Å²) in [4.78, 5) is 10.8. The average Bonchev–Trinajstić information content (AvgIpc) is 2.47. The smallest absolute Gasteiger partial charge is 0.220 e. The summed E-state index contributed by atoms with van der Waals surface area (Å²) in [5, 5.41) is 9.88. The summed E-state index contributed by atoms with van der Waals surface area (Å²) in [5.74, 6) is -0.00241. The van der Waals surface area contributed by atoms with Crippen molar-refractivity contribution in [3.63, 3.8) is 0 Å². The molecule has 0 spiro atoms. The molecule has 0 unspecified atom stereocenters. The molecule has 0 fully saturated rings. The maximum Gasteiger partial charge on any atom is 0.220 e. The van der Waals surface area contributed by atoms with E-state index in [0.717, 1.165) is 0 Å². The molecule has 0 saturated carbocycles. The predicted molar refractivity (Wildman–Crippen MR) is 41.2 cm³/mol. The van der Waals surface area contributed by atoms with E-state index in [9.17, 15) is 4.79 Å². The number of nitrogens with one attached hydrogen (secondary N) is 1. The molecule has 5 heteroatoms. The van der Waals surface area contributed by atoms with Gasteiger partial charge in [0.15, 0.2) is 0 Å². The van der Waals surface area contributed by atoms with E-state index >= 15 is 0 Å². The Labute approximate surface area is 70.1 Å². The SMILES string of the molecule is CCC(=O)NCc1nonc1C. The first-order chi connectivity index (χ1) is 5.74. The highest BCUT2D eigenvalue weighted by Crippen LogP contribution is 1.98. The molecule has 0 atom stereocenters. The Morgan fingerprint density at radius 1 is 1.58 bits per heavy atom. The van der Waals surface area contributed by atoms with Crippen LogP contribution in [-0.2, 0) is 11.3 Å². The van der Waals surface area contributed by atoms with Crippen molar-refractivity contribution in [2.75, 3.05) is 0 Å². The van der Waals surface area contributed by atoms with E-state index in [-0.39, 0.29) is 5.91 Å². The number of carbonyl (C=O) groups is 1. The van der Waals surface area contributed by atoms with E-state index < -0.39 is 0 Å². The molecule has 0 aliphatic rings. The normalized spacial score (nSPS) is 9.83. The van der Waals surface area contributed by atoms with Gasteiger partial charge >= 0.3 is 0 Å². The lowest BCUT2D eigenvalue weighted by Crippen LogP contribution is -2.21.